The third-order valence-corrected chi connectivity index (χ3v) is 3.28. The second kappa shape index (κ2) is 6.02. The van der Waals surface area contributed by atoms with Crippen molar-refractivity contribution in [1.82, 2.24) is 5.48 Å². The molecule has 0 aromatic heterocycles. The van der Waals surface area contributed by atoms with Crippen LogP contribution in [0.15, 0.2) is 30.3 Å². The molecule has 0 amide bonds. The molecular weight excluding hydrogens is 198 g/mol. The standard InChI is InChI=1S/C14H21NO/c1-12(10-13-8-5-9-13)15-16-11-14-6-3-2-4-7-14/h2-4,6-7,12-13,15H,5,8-11H2,1H3. The Bertz CT molecular complexity index is 295. The maximum absolute atomic E-state index is 5.50. The molecule has 1 N–H and O–H groups in total. The van der Waals surface area contributed by atoms with Crippen molar-refractivity contribution in [2.24, 2.45) is 5.92 Å². The van der Waals surface area contributed by atoms with Crippen molar-refractivity contribution in [3.05, 3.63) is 35.9 Å². The van der Waals surface area contributed by atoms with Crippen molar-refractivity contribution in [2.75, 3.05) is 0 Å². The average molecular weight is 219 g/mol. The maximum Gasteiger partial charge on any atom is 0.0933 e. The highest BCUT2D eigenvalue weighted by Gasteiger charge is 2.19. The van der Waals surface area contributed by atoms with Crippen molar-refractivity contribution >= 4 is 0 Å². The van der Waals surface area contributed by atoms with Gasteiger partial charge in [0, 0.05) is 6.04 Å². The van der Waals surface area contributed by atoms with Gasteiger partial charge in [0.15, 0.2) is 0 Å². The van der Waals surface area contributed by atoms with Crippen LogP contribution in [0.3, 0.4) is 0 Å². The first-order chi connectivity index (χ1) is 7.84. The van der Waals surface area contributed by atoms with E-state index < -0.39 is 0 Å². The van der Waals surface area contributed by atoms with E-state index in [1.165, 1.54) is 31.2 Å². The number of hydrogen-bond acceptors (Lipinski definition) is 2. The van der Waals surface area contributed by atoms with Crippen molar-refractivity contribution in [3.63, 3.8) is 0 Å². The van der Waals surface area contributed by atoms with Gasteiger partial charge in [0.05, 0.1) is 6.61 Å². The van der Waals surface area contributed by atoms with Gasteiger partial charge in [-0.2, -0.15) is 5.48 Å². The van der Waals surface area contributed by atoms with Gasteiger partial charge in [-0.25, -0.2) is 0 Å². The predicted octanol–water partition coefficient (Wildman–Crippen LogP) is 3.29. The zero-order valence-electron chi connectivity index (χ0n) is 9.99. The number of nitrogens with one attached hydrogen (secondary N) is 1. The van der Waals surface area contributed by atoms with E-state index in [2.05, 4.69) is 24.5 Å². The molecule has 1 fully saturated rings. The normalized spacial score (nSPS) is 18.1. The molecule has 1 atom stereocenters. The van der Waals surface area contributed by atoms with Crippen molar-refractivity contribution in [3.8, 4) is 0 Å². The summed E-state index contributed by atoms with van der Waals surface area (Å²) in [6.07, 6.45) is 5.48. The Morgan fingerprint density at radius 1 is 1.31 bits per heavy atom. The molecule has 1 aliphatic rings. The molecule has 0 saturated heterocycles. The van der Waals surface area contributed by atoms with Gasteiger partial charge in [-0.1, -0.05) is 49.6 Å². The minimum absolute atomic E-state index is 0.467. The highest BCUT2D eigenvalue weighted by Crippen LogP contribution is 2.30. The first-order valence-corrected chi connectivity index (χ1v) is 6.26. The lowest BCUT2D eigenvalue weighted by Crippen LogP contribution is -2.30. The minimum Gasteiger partial charge on any atom is -0.297 e. The Morgan fingerprint density at radius 3 is 2.69 bits per heavy atom. The number of hydrogen-bond donors (Lipinski definition) is 1. The van der Waals surface area contributed by atoms with Crippen LogP contribution in [0.5, 0.6) is 0 Å². The topological polar surface area (TPSA) is 21.3 Å². The van der Waals surface area contributed by atoms with Crippen LogP contribution in [0.25, 0.3) is 0 Å². The van der Waals surface area contributed by atoms with Crippen LogP contribution in [-0.4, -0.2) is 6.04 Å². The second-order valence-corrected chi connectivity index (χ2v) is 4.83. The van der Waals surface area contributed by atoms with E-state index in [1.807, 2.05) is 18.2 Å². The van der Waals surface area contributed by atoms with Crippen LogP contribution >= 0.6 is 0 Å². The molecule has 1 aromatic rings. The fourth-order valence-electron chi connectivity index (χ4n) is 2.12. The Labute approximate surface area is 98.0 Å². The van der Waals surface area contributed by atoms with E-state index >= 15 is 0 Å². The lowest BCUT2D eigenvalue weighted by Gasteiger charge is -2.28. The Balaban J connectivity index is 1.60. The van der Waals surface area contributed by atoms with Gasteiger partial charge in [-0.3, -0.25) is 4.84 Å². The molecule has 88 valence electrons. The van der Waals surface area contributed by atoms with Gasteiger partial charge < -0.3 is 0 Å². The zero-order chi connectivity index (χ0) is 11.2. The molecule has 2 heteroatoms. The number of benzene rings is 1. The van der Waals surface area contributed by atoms with Gasteiger partial charge in [-0.05, 0) is 24.8 Å². The molecule has 0 aliphatic heterocycles. The van der Waals surface area contributed by atoms with Gasteiger partial charge in [-0.15, -0.1) is 0 Å². The molecule has 1 unspecified atom stereocenters. The molecule has 2 nitrogen and oxygen atoms in total. The predicted molar refractivity (Wildman–Crippen MR) is 65.8 cm³/mol. The summed E-state index contributed by atoms with van der Waals surface area (Å²) in [4.78, 5) is 5.50. The van der Waals surface area contributed by atoms with E-state index in [0.717, 1.165) is 5.92 Å². The maximum atomic E-state index is 5.50. The zero-order valence-corrected chi connectivity index (χ0v) is 9.99. The molecule has 0 bridgehead atoms. The van der Waals surface area contributed by atoms with Crippen molar-refractivity contribution in [1.29, 1.82) is 0 Å². The lowest BCUT2D eigenvalue weighted by atomic mass is 9.81. The first kappa shape index (κ1) is 11.6. The second-order valence-electron chi connectivity index (χ2n) is 4.83. The summed E-state index contributed by atoms with van der Waals surface area (Å²) in [5.74, 6) is 0.933. The highest BCUT2D eigenvalue weighted by atomic mass is 16.6. The molecular formula is C14H21NO. The van der Waals surface area contributed by atoms with E-state index in [9.17, 15) is 0 Å². The summed E-state index contributed by atoms with van der Waals surface area (Å²) >= 11 is 0. The molecule has 0 radical (unpaired) electrons. The largest absolute Gasteiger partial charge is 0.297 e. The lowest BCUT2D eigenvalue weighted by molar-refractivity contribution is -0.000391. The Hall–Kier alpha value is -0.860. The summed E-state index contributed by atoms with van der Waals surface area (Å²) < 4.78 is 0. The highest BCUT2D eigenvalue weighted by molar-refractivity contribution is 5.13. The average Bonchev–Trinajstić information content (AvgIpc) is 2.25. The molecule has 0 spiro atoms. The van der Waals surface area contributed by atoms with Crippen LogP contribution in [0.2, 0.25) is 0 Å². The fourth-order valence-corrected chi connectivity index (χ4v) is 2.12. The molecule has 16 heavy (non-hydrogen) atoms. The third kappa shape index (κ3) is 3.62. The fraction of sp³-hybridized carbons (Fsp3) is 0.571. The van der Waals surface area contributed by atoms with Crippen LogP contribution in [0, 0.1) is 5.92 Å². The van der Waals surface area contributed by atoms with Gasteiger partial charge >= 0.3 is 0 Å². The monoisotopic (exact) mass is 219 g/mol. The third-order valence-electron chi connectivity index (χ3n) is 3.28. The summed E-state index contributed by atoms with van der Waals surface area (Å²) in [5.41, 5.74) is 4.34. The minimum atomic E-state index is 0.467. The Morgan fingerprint density at radius 2 is 2.06 bits per heavy atom. The van der Waals surface area contributed by atoms with Crippen LogP contribution in [-0.2, 0) is 11.4 Å². The van der Waals surface area contributed by atoms with Crippen LogP contribution < -0.4 is 5.48 Å². The first-order valence-electron chi connectivity index (χ1n) is 6.26. The van der Waals surface area contributed by atoms with Gasteiger partial charge in [0.25, 0.3) is 0 Å². The molecule has 2 rings (SSSR count). The summed E-state index contributed by atoms with van der Waals surface area (Å²) in [5, 5.41) is 0. The summed E-state index contributed by atoms with van der Waals surface area (Å²) in [6, 6.07) is 10.7. The summed E-state index contributed by atoms with van der Waals surface area (Å²) in [6.45, 7) is 2.85. The molecule has 1 saturated carbocycles. The van der Waals surface area contributed by atoms with Crippen molar-refractivity contribution < 1.29 is 4.84 Å². The van der Waals surface area contributed by atoms with Crippen LogP contribution in [0.4, 0.5) is 0 Å². The van der Waals surface area contributed by atoms with Gasteiger partial charge in [0.2, 0.25) is 0 Å². The van der Waals surface area contributed by atoms with Crippen molar-refractivity contribution in [2.45, 2.75) is 45.3 Å². The van der Waals surface area contributed by atoms with E-state index in [0.29, 0.717) is 12.6 Å². The molecule has 0 heterocycles. The summed E-state index contributed by atoms with van der Waals surface area (Å²) in [7, 11) is 0. The Kier molecular flexibility index (Phi) is 4.37. The SMILES string of the molecule is CC(CC1CCC1)NOCc1ccccc1. The van der Waals surface area contributed by atoms with Crippen LogP contribution in [0.1, 0.15) is 38.2 Å². The smallest absolute Gasteiger partial charge is 0.0933 e. The number of hydroxylamine groups is 1. The van der Waals surface area contributed by atoms with E-state index in [1.54, 1.807) is 0 Å². The molecule has 1 aromatic carbocycles. The molecule has 1 aliphatic carbocycles. The van der Waals surface area contributed by atoms with E-state index in [4.69, 9.17) is 4.84 Å². The number of rotatable bonds is 6. The quantitative estimate of drug-likeness (QED) is 0.741. The van der Waals surface area contributed by atoms with Gasteiger partial charge in [0.1, 0.15) is 0 Å². The van der Waals surface area contributed by atoms with E-state index in [-0.39, 0.29) is 0 Å².